The third-order valence-electron chi connectivity index (χ3n) is 2.02. The number of rotatable bonds is 2. The highest BCUT2D eigenvalue weighted by atomic mass is 19.1. The summed E-state index contributed by atoms with van der Waals surface area (Å²) >= 11 is 0. The Morgan fingerprint density at radius 3 is 2.67 bits per heavy atom. The van der Waals surface area contributed by atoms with Gasteiger partial charge in [-0.3, -0.25) is 0 Å². The van der Waals surface area contributed by atoms with E-state index in [0.717, 1.165) is 11.8 Å². The molecular formula is C11H9FN2O. The van der Waals surface area contributed by atoms with Crippen LogP contribution in [0.2, 0.25) is 0 Å². The molecule has 2 aromatic rings. The van der Waals surface area contributed by atoms with Crippen molar-refractivity contribution < 1.29 is 9.50 Å². The highest BCUT2D eigenvalue weighted by Gasteiger charge is 2.06. The van der Waals surface area contributed by atoms with Crippen molar-refractivity contribution in [2.24, 2.45) is 0 Å². The van der Waals surface area contributed by atoms with Crippen molar-refractivity contribution in [3.63, 3.8) is 0 Å². The van der Waals surface area contributed by atoms with Gasteiger partial charge in [-0.1, -0.05) is 30.3 Å². The normalized spacial score (nSPS) is 10.2. The predicted octanol–water partition coefficient (Wildman–Crippen LogP) is 1.91. The average Bonchev–Trinajstić information content (AvgIpc) is 2.25. The largest absolute Gasteiger partial charge is 0.479 e. The topological polar surface area (TPSA) is 46.0 Å². The van der Waals surface area contributed by atoms with Crippen LogP contribution in [-0.2, 0) is 6.42 Å². The van der Waals surface area contributed by atoms with Gasteiger partial charge in [0.2, 0.25) is 0 Å². The minimum atomic E-state index is -0.503. The smallest absolute Gasteiger partial charge is 0.314 e. The predicted molar refractivity (Wildman–Crippen MR) is 52.9 cm³/mol. The summed E-state index contributed by atoms with van der Waals surface area (Å²) < 4.78 is 13.2. The van der Waals surface area contributed by atoms with Gasteiger partial charge in [0.05, 0.1) is 11.9 Å². The SMILES string of the molecule is Oc1ncc(F)c(Cc2ccccc2)n1. The van der Waals surface area contributed by atoms with E-state index in [2.05, 4.69) is 9.97 Å². The van der Waals surface area contributed by atoms with Crippen LogP contribution in [0.4, 0.5) is 4.39 Å². The lowest BCUT2D eigenvalue weighted by Gasteiger charge is -2.02. The molecule has 0 aliphatic heterocycles. The molecule has 0 atom stereocenters. The summed E-state index contributed by atoms with van der Waals surface area (Å²) in [5.41, 5.74) is 1.14. The molecule has 15 heavy (non-hydrogen) atoms. The zero-order chi connectivity index (χ0) is 10.7. The fourth-order valence-electron chi connectivity index (χ4n) is 1.31. The molecule has 3 nitrogen and oxygen atoms in total. The maximum atomic E-state index is 13.2. The van der Waals surface area contributed by atoms with E-state index < -0.39 is 11.8 Å². The molecule has 1 heterocycles. The third kappa shape index (κ3) is 2.28. The molecule has 0 saturated heterocycles. The third-order valence-corrected chi connectivity index (χ3v) is 2.02. The molecule has 4 heteroatoms. The number of aromatic hydroxyl groups is 1. The van der Waals surface area contributed by atoms with Crippen LogP contribution in [0.25, 0.3) is 0 Å². The summed E-state index contributed by atoms with van der Waals surface area (Å²) in [6, 6.07) is 8.97. The molecule has 0 aliphatic rings. The standard InChI is InChI=1S/C11H9FN2O/c12-9-7-13-11(15)14-10(9)6-8-4-2-1-3-5-8/h1-5,7H,6H2,(H,13,14,15). The zero-order valence-electron chi connectivity index (χ0n) is 7.89. The number of nitrogens with zero attached hydrogens (tertiary/aromatic N) is 2. The summed E-state index contributed by atoms with van der Waals surface area (Å²) in [7, 11) is 0. The lowest BCUT2D eigenvalue weighted by molar-refractivity contribution is 0.421. The van der Waals surface area contributed by atoms with Gasteiger partial charge in [-0.05, 0) is 5.56 Å². The monoisotopic (exact) mass is 204 g/mol. The van der Waals surface area contributed by atoms with E-state index >= 15 is 0 Å². The van der Waals surface area contributed by atoms with Crippen molar-refractivity contribution in [3.05, 3.63) is 53.6 Å². The molecule has 0 fully saturated rings. The van der Waals surface area contributed by atoms with E-state index in [4.69, 9.17) is 5.11 Å². The van der Waals surface area contributed by atoms with Crippen LogP contribution < -0.4 is 0 Å². The molecule has 1 aromatic heterocycles. The minimum Gasteiger partial charge on any atom is -0.479 e. The first-order valence-corrected chi connectivity index (χ1v) is 4.50. The van der Waals surface area contributed by atoms with Gasteiger partial charge in [-0.25, -0.2) is 9.37 Å². The van der Waals surface area contributed by atoms with Crippen LogP contribution in [0.15, 0.2) is 36.5 Å². The number of benzene rings is 1. The van der Waals surface area contributed by atoms with E-state index in [1.807, 2.05) is 30.3 Å². The van der Waals surface area contributed by atoms with Crippen molar-refractivity contribution in [1.29, 1.82) is 0 Å². The van der Waals surface area contributed by atoms with Crippen molar-refractivity contribution in [2.45, 2.75) is 6.42 Å². The van der Waals surface area contributed by atoms with E-state index in [0.29, 0.717) is 6.42 Å². The summed E-state index contributed by atoms with van der Waals surface area (Å²) in [5.74, 6) is -0.503. The first-order chi connectivity index (χ1) is 7.25. The molecule has 0 bridgehead atoms. The quantitative estimate of drug-likeness (QED) is 0.812. The second-order valence-electron chi connectivity index (χ2n) is 3.13. The molecule has 0 radical (unpaired) electrons. The highest BCUT2D eigenvalue weighted by molar-refractivity contribution is 5.22. The van der Waals surface area contributed by atoms with Crippen molar-refractivity contribution in [1.82, 2.24) is 9.97 Å². The highest BCUT2D eigenvalue weighted by Crippen LogP contribution is 2.12. The summed E-state index contributed by atoms with van der Waals surface area (Å²) in [6.45, 7) is 0. The van der Waals surface area contributed by atoms with Crippen LogP contribution in [0.1, 0.15) is 11.3 Å². The Morgan fingerprint density at radius 2 is 1.93 bits per heavy atom. The molecule has 0 amide bonds. The Bertz CT molecular complexity index is 459. The van der Waals surface area contributed by atoms with Crippen LogP contribution >= 0.6 is 0 Å². The summed E-state index contributed by atoms with van der Waals surface area (Å²) in [5, 5.41) is 9.03. The second-order valence-corrected chi connectivity index (χ2v) is 3.13. The number of hydrogen-bond donors (Lipinski definition) is 1. The van der Waals surface area contributed by atoms with E-state index in [9.17, 15) is 4.39 Å². The molecular weight excluding hydrogens is 195 g/mol. The van der Waals surface area contributed by atoms with Gasteiger partial charge in [0, 0.05) is 6.42 Å². The summed E-state index contributed by atoms with van der Waals surface area (Å²) in [4.78, 5) is 6.99. The lowest BCUT2D eigenvalue weighted by Crippen LogP contribution is -1.98. The molecule has 76 valence electrons. The van der Waals surface area contributed by atoms with Gasteiger partial charge in [-0.15, -0.1) is 0 Å². The van der Waals surface area contributed by atoms with Crippen molar-refractivity contribution >= 4 is 0 Å². The van der Waals surface area contributed by atoms with Gasteiger partial charge < -0.3 is 5.11 Å². The Kier molecular flexibility index (Phi) is 2.58. The molecule has 1 N–H and O–H groups in total. The number of halogens is 1. The maximum Gasteiger partial charge on any atom is 0.314 e. The maximum absolute atomic E-state index is 13.2. The van der Waals surface area contributed by atoms with Gasteiger partial charge >= 0.3 is 6.01 Å². The Labute approximate surface area is 86.3 Å². The fraction of sp³-hybridized carbons (Fsp3) is 0.0909. The number of hydrogen-bond acceptors (Lipinski definition) is 3. The zero-order valence-corrected chi connectivity index (χ0v) is 7.89. The first kappa shape index (κ1) is 9.58. The molecule has 0 saturated carbocycles. The van der Waals surface area contributed by atoms with E-state index in [1.165, 1.54) is 0 Å². The Morgan fingerprint density at radius 1 is 1.20 bits per heavy atom. The fourth-order valence-corrected chi connectivity index (χ4v) is 1.31. The summed E-state index contributed by atoms with van der Waals surface area (Å²) in [6.07, 6.45) is 1.32. The molecule has 2 rings (SSSR count). The molecule has 0 spiro atoms. The van der Waals surface area contributed by atoms with Crippen molar-refractivity contribution in [3.8, 4) is 6.01 Å². The minimum absolute atomic E-state index is 0.203. The van der Waals surface area contributed by atoms with E-state index in [1.54, 1.807) is 0 Å². The first-order valence-electron chi connectivity index (χ1n) is 4.50. The van der Waals surface area contributed by atoms with Crippen molar-refractivity contribution in [2.75, 3.05) is 0 Å². The van der Waals surface area contributed by atoms with Crippen LogP contribution in [0.5, 0.6) is 6.01 Å². The van der Waals surface area contributed by atoms with Gasteiger partial charge in [0.25, 0.3) is 0 Å². The Hall–Kier alpha value is -1.97. The van der Waals surface area contributed by atoms with Crippen LogP contribution in [-0.4, -0.2) is 15.1 Å². The lowest BCUT2D eigenvalue weighted by atomic mass is 10.1. The Balaban J connectivity index is 2.28. The van der Waals surface area contributed by atoms with Crippen LogP contribution in [0, 0.1) is 5.82 Å². The average molecular weight is 204 g/mol. The molecule has 1 aromatic carbocycles. The second kappa shape index (κ2) is 4.04. The van der Waals surface area contributed by atoms with Gasteiger partial charge in [0.15, 0.2) is 5.82 Å². The van der Waals surface area contributed by atoms with Gasteiger partial charge in [-0.2, -0.15) is 4.98 Å². The van der Waals surface area contributed by atoms with Gasteiger partial charge in [0.1, 0.15) is 0 Å². The number of aromatic nitrogens is 2. The molecule has 0 unspecified atom stereocenters. The molecule has 0 aliphatic carbocycles. The van der Waals surface area contributed by atoms with Crippen LogP contribution in [0.3, 0.4) is 0 Å². The van der Waals surface area contributed by atoms with E-state index in [-0.39, 0.29) is 5.69 Å².